The van der Waals surface area contributed by atoms with Gasteiger partial charge in [-0.15, -0.1) is 0 Å². The summed E-state index contributed by atoms with van der Waals surface area (Å²) in [6, 6.07) is 4.52. The fourth-order valence-electron chi connectivity index (χ4n) is 2.46. The smallest absolute Gasteiger partial charge is 0.416 e. The standard InChI is InChI=1S/C18H18F3N3O2/c1-4-14-15(10-11-22-3)24(23-16(14)17(25)26-5-2)13-8-6-12(7-9-13)18(19,20)21/h6-11H,3-5H2,1-2H3/b11-10-. The zero-order valence-corrected chi connectivity index (χ0v) is 14.4. The summed E-state index contributed by atoms with van der Waals surface area (Å²) in [7, 11) is 0. The molecule has 0 N–H and O–H groups in total. The second-order valence-corrected chi connectivity index (χ2v) is 5.24. The van der Waals surface area contributed by atoms with Crippen LogP contribution in [0.3, 0.4) is 0 Å². The Morgan fingerprint density at radius 3 is 2.46 bits per heavy atom. The van der Waals surface area contributed by atoms with Gasteiger partial charge >= 0.3 is 12.1 Å². The van der Waals surface area contributed by atoms with Crippen LogP contribution in [0.25, 0.3) is 11.8 Å². The van der Waals surface area contributed by atoms with Crippen LogP contribution in [0.2, 0.25) is 0 Å². The largest absolute Gasteiger partial charge is 0.461 e. The zero-order valence-electron chi connectivity index (χ0n) is 14.4. The van der Waals surface area contributed by atoms with Gasteiger partial charge in [0.15, 0.2) is 5.69 Å². The molecule has 0 unspecified atom stereocenters. The summed E-state index contributed by atoms with van der Waals surface area (Å²) in [5, 5.41) is 4.26. The number of esters is 1. The van der Waals surface area contributed by atoms with E-state index in [0.717, 1.165) is 12.1 Å². The van der Waals surface area contributed by atoms with Gasteiger partial charge in [0.05, 0.1) is 23.6 Å². The Bertz CT molecular complexity index is 821. The second kappa shape index (κ2) is 7.99. The molecule has 8 heteroatoms. The SMILES string of the molecule is C=N/C=C\c1c(CC)c(C(=O)OCC)nn1-c1ccc(C(F)(F)F)cc1. The minimum atomic E-state index is -4.43. The van der Waals surface area contributed by atoms with E-state index in [2.05, 4.69) is 16.8 Å². The molecule has 0 atom stereocenters. The molecule has 0 fully saturated rings. The molecule has 26 heavy (non-hydrogen) atoms. The van der Waals surface area contributed by atoms with Gasteiger partial charge in [0.2, 0.25) is 0 Å². The molecular weight excluding hydrogens is 347 g/mol. The predicted molar refractivity (Wildman–Crippen MR) is 92.5 cm³/mol. The van der Waals surface area contributed by atoms with Crippen LogP contribution in [-0.2, 0) is 17.3 Å². The van der Waals surface area contributed by atoms with E-state index in [-0.39, 0.29) is 12.3 Å². The van der Waals surface area contributed by atoms with Crippen LogP contribution in [-0.4, -0.2) is 29.1 Å². The van der Waals surface area contributed by atoms with Crippen molar-refractivity contribution >= 4 is 18.8 Å². The zero-order chi connectivity index (χ0) is 19.3. The van der Waals surface area contributed by atoms with E-state index in [1.54, 1.807) is 13.0 Å². The maximum atomic E-state index is 12.8. The molecule has 0 amide bonds. The van der Waals surface area contributed by atoms with Gasteiger partial charge < -0.3 is 4.74 Å². The van der Waals surface area contributed by atoms with E-state index in [1.807, 2.05) is 6.92 Å². The Morgan fingerprint density at radius 2 is 1.96 bits per heavy atom. The lowest BCUT2D eigenvalue weighted by molar-refractivity contribution is -0.137. The molecule has 0 saturated heterocycles. The predicted octanol–water partition coefficient (Wildman–Crippen LogP) is 4.30. The van der Waals surface area contributed by atoms with Crippen LogP contribution in [0.15, 0.2) is 35.5 Å². The summed E-state index contributed by atoms with van der Waals surface area (Å²) in [5.74, 6) is -0.587. The van der Waals surface area contributed by atoms with Crippen LogP contribution in [0.5, 0.6) is 0 Å². The lowest BCUT2D eigenvalue weighted by Gasteiger charge is -2.09. The van der Waals surface area contributed by atoms with Gasteiger partial charge in [0.25, 0.3) is 0 Å². The minimum Gasteiger partial charge on any atom is -0.461 e. The number of halogens is 3. The molecule has 0 saturated carbocycles. The number of alkyl halides is 3. The van der Waals surface area contributed by atoms with Gasteiger partial charge in [-0.05, 0) is 50.4 Å². The Kier molecular flexibility index (Phi) is 5.97. The normalized spacial score (nSPS) is 11.7. The van der Waals surface area contributed by atoms with Crippen molar-refractivity contribution < 1.29 is 22.7 Å². The van der Waals surface area contributed by atoms with Gasteiger partial charge in [0.1, 0.15) is 0 Å². The van der Waals surface area contributed by atoms with E-state index in [0.29, 0.717) is 23.4 Å². The highest BCUT2D eigenvalue weighted by Gasteiger charge is 2.30. The molecule has 0 spiro atoms. The number of benzene rings is 1. The van der Waals surface area contributed by atoms with Crippen molar-refractivity contribution in [3.8, 4) is 5.69 Å². The number of carbonyl (C=O) groups excluding carboxylic acids is 1. The molecule has 1 aromatic heterocycles. The van der Waals surface area contributed by atoms with Crippen molar-refractivity contribution in [1.82, 2.24) is 9.78 Å². The molecular formula is C18H18F3N3O2. The third-order valence-electron chi connectivity index (χ3n) is 3.62. The van der Waals surface area contributed by atoms with Crippen LogP contribution >= 0.6 is 0 Å². The van der Waals surface area contributed by atoms with Crippen LogP contribution in [0, 0.1) is 0 Å². The summed E-state index contributed by atoms with van der Waals surface area (Å²) in [5.41, 5.74) is 0.885. The molecule has 1 aromatic carbocycles. The minimum absolute atomic E-state index is 0.123. The van der Waals surface area contributed by atoms with Gasteiger partial charge in [-0.2, -0.15) is 18.3 Å². The Morgan fingerprint density at radius 1 is 1.31 bits per heavy atom. The van der Waals surface area contributed by atoms with Crippen molar-refractivity contribution in [3.05, 3.63) is 53.0 Å². The Labute approximate surface area is 148 Å². The van der Waals surface area contributed by atoms with Crippen LogP contribution in [0.4, 0.5) is 13.2 Å². The molecule has 138 valence electrons. The number of rotatable bonds is 6. The first-order valence-electron chi connectivity index (χ1n) is 7.92. The number of carbonyl (C=O) groups is 1. The summed E-state index contributed by atoms with van der Waals surface area (Å²) >= 11 is 0. The number of hydrogen-bond acceptors (Lipinski definition) is 4. The highest BCUT2D eigenvalue weighted by Crippen LogP contribution is 2.30. The maximum absolute atomic E-state index is 12.8. The number of hydrogen-bond donors (Lipinski definition) is 0. The molecule has 0 radical (unpaired) electrons. The second-order valence-electron chi connectivity index (χ2n) is 5.24. The van der Waals surface area contributed by atoms with Crippen LogP contribution < -0.4 is 0 Å². The highest BCUT2D eigenvalue weighted by atomic mass is 19.4. The number of ether oxygens (including phenoxy) is 1. The van der Waals surface area contributed by atoms with Gasteiger partial charge in [-0.1, -0.05) is 6.92 Å². The van der Waals surface area contributed by atoms with Crippen molar-refractivity contribution in [2.75, 3.05) is 6.61 Å². The molecule has 0 bridgehead atoms. The third-order valence-corrected chi connectivity index (χ3v) is 3.62. The monoisotopic (exact) mass is 365 g/mol. The number of aliphatic imine (C=N–C) groups is 1. The van der Waals surface area contributed by atoms with Crippen molar-refractivity contribution in [2.45, 2.75) is 26.4 Å². The van der Waals surface area contributed by atoms with Crippen molar-refractivity contribution in [2.24, 2.45) is 4.99 Å². The fourth-order valence-corrected chi connectivity index (χ4v) is 2.46. The molecule has 2 aromatic rings. The fraction of sp³-hybridized carbons (Fsp3) is 0.278. The number of aromatic nitrogens is 2. The molecule has 5 nitrogen and oxygen atoms in total. The third kappa shape index (κ3) is 4.01. The van der Waals surface area contributed by atoms with Crippen molar-refractivity contribution in [1.29, 1.82) is 0 Å². The van der Waals surface area contributed by atoms with Crippen LogP contribution in [0.1, 0.15) is 41.2 Å². The average molecular weight is 365 g/mol. The Hall–Kier alpha value is -2.90. The first kappa shape index (κ1) is 19.4. The summed E-state index contributed by atoms with van der Waals surface area (Å²) in [6.45, 7) is 7.07. The van der Waals surface area contributed by atoms with Gasteiger partial charge in [-0.3, -0.25) is 4.99 Å². The van der Waals surface area contributed by atoms with E-state index in [9.17, 15) is 18.0 Å². The molecule has 0 aliphatic heterocycles. The summed E-state index contributed by atoms with van der Waals surface area (Å²) in [4.78, 5) is 15.8. The van der Waals surface area contributed by atoms with Crippen molar-refractivity contribution in [3.63, 3.8) is 0 Å². The summed E-state index contributed by atoms with van der Waals surface area (Å²) < 4.78 is 44.7. The lowest BCUT2D eigenvalue weighted by Crippen LogP contribution is -2.08. The topological polar surface area (TPSA) is 56.5 Å². The lowest BCUT2D eigenvalue weighted by atomic mass is 10.1. The molecule has 1 heterocycles. The number of nitrogens with zero attached hydrogens (tertiary/aromatic N) is 3. The Balaban J connectivity index is 2.61. The van der Waals surface area contributed by atoms with E-state index in [1.165, 1.54) is 23.0 Å². The van der Waals surface area contributed by atoms with Gasteiger partial charge in [-0.25, -0.2) is 9.48 Å². The molecule has 0 aliphatic carbocycles. The summed E-state index contributed by atoms with van der Waals surface area (Å²) in [6.07, 6.45) is -0.931. The van der Waals surface area contributed by atoms with E-state index < -0.39 is 17.7 Å². The van der Waals surface area contributed by atoms with Gasteiger partial charge in [0, 0.05) is 11.8 Å². The molecule has 2 rings (SSSR count). The first-order valence-corrected chi connectivity index (χ1v) is 7.92. The average Bonchev–Trinajstić information content (AvgIpc) is 2.98. The quantitative estimate of drug-likeness (QED) is 0.566. The highest BCUT2D eigenvalue weighted by molar-refractivity contribution is 5.90. The molecule has 0 aliphatic rings. The maximum Gasteiger partial charge on any atom is 0.416 e. The van der Waals surface area contributed by atoms with E-state index in [4.69, 9.17) is 4.74 Å². The van der Waals surface area contributed by atoms with E-state index >= 15 is 0 Å². The first-order chi connectivity index (χ1) is 12.3.